The van der Waals surface area contributed by atoms with Crippen molar-refractivity contribution in [2.24, 2.45) is 0 Å². The second-order valence-corrected chi connectivity index (χ2v) is 2.16. The van der Waals surface area contributed by atoms with Gasteiger partial charge >= 0.3 is 51.4 Å². The van der Waals surface area contributed by atoms with Crippen LogP contribution < -0.4 is 56.7 Å². The van der Waals surface area contributed by atoms with Crippen molar-refractivity contribution < 1.29 is 51.4 Å². The van der Waals surface area contributed by atoms with Crippen molar-refractivity contribution in [2.45, 2.75) is 0 Å². The molecule has 6 heavy (non-hydrogen) atoms. The van der Waals surface area contributed by atoms with Gasteiger partial charge in [0.25, 0.3) is 0 Å². The zero-order chi connectivity index (χ0) is 3.54. The molecule has 30 valence electrons. The van der Waals surface area contributed by atoms with E-state index in [-0.39, 0.29) is 51.4 Å². The molecule has 0 aromatic carbocycles. The minimum absolute atomic E-state index is 0. The summed E-state index contributed by atoms with van der Waals surface area (Å²) in [5, 5.41) is 3.19. The Morgan fingerprint density at radius 3 is 2.50 bits per heavy atom. The van der Waals surface area contributed by atoms with Crippen molar-refractivity contribution in [3.05, 3.63) is 0 Å². The first-order chi connectivity index (χ1) is 2.50. The summed E-state index contributed by atoms with van der Waals surface area (Å²) in [6.45, 7) is 1.21. The van der Waals surface area contributed by atoms with E-state index in [1.54, 1.807) is 0 Å². The quantitative estimate of drug-likeness (QED) is 0.356. The van der Waals surface area contributed by atoms with E-state index in [4.69, 9.17) is 0 Å². The third-order valence-electron chi connectivity index (χ3n) is 0.627. The van der Waals surface area contributed by atoms with Gasteiger partial charge in [-0.25, -0.2) is 0 Å². The van der Waals surface area contributed by atoms with Gasteiger partial charge in [-0.15, -0.1) is 11.8 Å². The Kier molecular flexibility index (Phi) is 6.74. The van der Waals surface area contributed by atoms with E-state index in [1.165, 1.54) is 18.2 Å². The maximum absolute atomic E-state index is 3.19. The van der Waals surface area contributed by atoms with Crippen molar-refractivity contribution in [3.63, 3.8) is 0 Å². The van der Waals surface area contributed by atoms with E-state index in [1.807, 2.05) is 11.8 Å². The molecule has 1 saturated heterocycles. The first-order valence-corrected chi connectivity index (χ1v) is 2.94. The van der Waals surface area contributed by atoms with Crippen LogP contribution in [0.5, 0.6) is 0 Å². The number of rotatable bonds is 0. The third kappa shape index (κ3) is 3.02. The molecule has 1 aliphatic rings. The normalized spacial score (nSPS) is 20.0. The molecule has 1 heterocycles. The summed E-state index contributed by atoms with van der Waals surface area (Å²) >= 11 is 1.96. The van der Waals surface area contributed by atoms with Gasteiger partial charge in [0.15, 0.2) is 0 Å². The predicted molar refractivity (Wildman–Crippen MR) is 25.3 cm³/mol. The maximum Gasteiger partial charge on any atom is 1.00 e. The van der Waals surface area contributed by atoms with Crippen LogP contribution in [0.25, 0.3) is 0 Å². The Balaban J connectivity index is 0.000000250. The van der Waals surface area contributed by atoms with Crippen LogP contribution in [0.2, 0.25) is 0 Å². The first kappa shape index (κ1) is 7.95. The van der Waals surface area contributed by atoms with Gasteiger partial charge < -0.3 is 5.32 Å². The van der Waals surface area contributed by atoms with Crippen LogP contribution in [0.3, 0.4) is 0 Å². The van der Waals surface area contributed by atoms with Crippen LogP contribution >= 0.6 is 11.8 Å². The second-order valence-electron chi connectivity index (χ2n) is 1.05. The largest absolute Gasteiger partial charge is 1.00 e. The van der Waals surface area contributed by atoms with E-state index >= 15 is 0 Å². The topological polar surface area (TPSA) is 12.0 Å². The zero-order valence-corrected chi connectivity index (χ0v) is 7.97. The van der Waals surface area contributed by atoms with Crippen molar-refractivity contribution in [3.8, 4) is 0 Å². The van der Waals surface area contributed by atoms with Crippen molar-refractivity contribution >= 4 is 11.8 Å². The molecule has 3 heteroatoms. The Labute approximate surface area is 85.1 Å². The third-order valence-corrected chi connectivity index (χ3v) is 1.53. The Bertz CT molecular complexity index is 22.4. The van der Waals surface area contributed by atoms with E-state index < -0.39 is 0 Å². The summed E-state index contributed by atoms with van der Waals surface area (Å²) in [6, 6.07) is 0. The monoisotopic (exact) mass is 128 g/mol. The summed E-state index contributed by atoms with van der Waals surface area (Å²) in [4.78, 5) is 0. The van der Waals surface area contributed by atoms with Crippen LogP contribution in [0.1, 0.15) is 0 Å². The van der Waals surface area contributed by atoms with Crippen LogP contribution in [-0.4, -0.2) is 18.2 Å². The summed E-state index contributed by atoms with van der Waals surface area (Å²) in [7, 11) is 0. The molecule has 0 aromatic rings. The molecule has 0 amide bonds. The molecule has 1 rings (SSSR count). The fraction of sp³-hybridized carbons (Fsp3) is 1.00. The van der Waals surface area contributed by atoms with E-state index in [9.17, 15) is 0 Å². The second kappa shape index (κ2) is 5.09. The Morgan fingerprint density at radius 1 is 1.50 bits per heavy atom. The molecule has 0 radical (unpaired) electrons. The predicted octanol–water partition coefficient (Wildman–Crippen LogP) is -2.72. The van der Waals surface area contributed by atoms with Gasteiger partial charge in [-0.05, 0) is 0 Å². The summed E-state index contributed by atoms with van der Waals surface area (Å²) in [5.41, 5.74) is 0. The standard InChI is InChI=1S/C3H7NS.K/c1-2-5-3-4-1;/h4H,1-3H2;/q;+1. The molecule has 0 bridgehead atoms. The number of hydrogen-bond donors (Lipinski definition) is 1. The van der Waals surface area contributed by atoms with Gasteiger partial charge in [-0.3, -0.25) is 0 Å². The summed E-state index contributed by atoms with van der Waals surface area (Å²) in [5.74, 6) is 2.47. The van der Waals surface area contributed by atoms with Crippen molar-refractivity contribution in [2.75, 3.05) is 18.2 Å². The van der Waals surface area contributed by atoms with Crippen LogP contribution in [0, 0.1) is 0 Å². The van der Waals surface area contributed by atoms with Crippen molar-refractivity contribution in [1.82, 2.24) is 5.32 Å². The molecule has 1 fully saturated rings. The van der Waals surface area contributed by atoms with E-state index in [0.29, 0.717) is 0 Å². The fourth-order valence-electron chi connectivity index (χ4n) is 0.361. The minimum Gasteiger partial charge on any atom is -0.307 e. The molecule has 0 unspecified atom stereocenters. The van der Waals surface area contributed by atoms with Crippen LogP contribution in [-0.2, 0) is 0 Å². The van der Waals surface area contributed by atoms with Crippen molar-refractivity contribution in [1.29, 1.82) is 0 Å². The number of nitrogens with one attached hydrogen (secondary N) is 1. The average Bonchev–Trinajstić information content (AvgIpc) is 1.76. The smallest absolute Gasteiger partial charge is 0.307 e. The number of hydrogen-bond acceptors (Lipinski definition) is 2. The molecule has 0 aliphatic carbocycles. The maximum atomic E-state index is 3.19. The minimum atomic E-state index is 0. The molecule has 0 aromatic heterocycles. The molecule has 0 atom stereocenters. The molecular weight excluding hydrogens is 121 g/mol. The zero-order valence-electron chi connectivity index (χ0n) is 4.03. The van der Waals surface area contributed by atoms with Gasteiger partial charge in [-0.1, -0.05) is 0 Å². The van der Waals surface area contributed by atoms with Gasteiger partial charge in [0.2, 0.25) is 0 Å². The van der Waals surface area contributed by atoms with E-state index in [0.717, 1.165) is 0 Å². The van der Waals surface area contributed by atoms with Gasteiger partial charge in [0, 0.05) is 18.2 Å². The van der Waals surface area contributed by atoms with Gasteiger partial charge in [0.05, 0.1) is 0 Å². The SMILES string of the molecule is C1CSCN1.[K+]. The molecular formula is C3H7KNS+. The fourth-order valence-corrected chi connectivity index (χ4v) is 1.08. The molecule has 1 aliphatic heterocycles. The van der Waals surface area contributed by atoms with Gasteiger partial charge in [-0.2, -0.15) is 0 Å². The van der Waals surface area contributed by atoms with Gasteiger partial charge in [0.1, 0.15) is 0 Å². The molecule has 0 saturated carbocycles. The van der Waals surface area contributed by atoms with E-state index in [2.05, 4.69) is 5.32 Å². The average molecular weight is 128 g/mol. The Morgan fingerprint density at radius 2 is 2.33 bits per heavy atom. The van der Waals surface area contributed by atoms with Crippen LogP contribution in [0.15, 0.2) is 0 Å². The molecule has 1 nitrogen and oxygen atoms in total. The summed E-state index contributed by atoms with van der Waals surface area (Å²) < 4.78 is 0. The summed E-state index contributed by atoms with van der Waals surface area (Å²) in [6.07, 6.45) is 0. The Hall–Kier alpha value is 1.95. The number of thioether (sulfide) groups is 1. The molecule has 0 spiro atoms. The first-order valence-electron chi connectivity index (χ1n) is 1.78. The van der Waals surface area contributed by atoms with Crippen LogP contribution in [0.4, 0.5) is 0 Å². The molecule has 1 N–H and O–H groups in total.